The van der Waals surface area contributed by atoms with Crippen molar-refractivity contribution in [2.75, 3.05) is 18.4 Å². The van der Waals surface area contributed by atoms with Crippen LogP contribution in [0.5, 0.6) is 0 Å². The van der Waals surface area contributed by atoms with Gasteiger partial charge in [0.15, 0.2) is 0 Å². The number of carbonyl (C=O) groups excluding carboxylic acids is 1. The van der Waals surface area contributed by atoms with Crippen LogP contribution in [0.1, 0.15) is 41.5 Å². The molecule has 1 aliphatic heterocycles. The van der Waals surface area contributed by atoms with E-state index >= 15 is 0 Å². The number of aromatic nitrogens is 5. The average Bonchev–Trinajstić information content (AvgIpc) is 3.16. The molecule has 3 aromatic rings. The fraction of sp³-hybridized carbons (Fsp3) is 0.348. The van der Waals surface area contributed by atoms with Crippen molar-refractivity contribution in [3.05, 3.63) is 65.4 Å². The van der Waals surface area contributed by atoms with E-state index in [4.69, 9.17) is 4.98 Å². The molecule has 4 rings (SSSR count). The van der Waals surface area contributed by atoms with Crippen molar-refractivity contribution in [1.29, 1.82) is 0 Å². The number of hydrogen-bond donors (Lipinski definition) is 1. The van der Waals surface area contributed by atoms with Crippen LogP contribution in [0.3, 0.4) is 0 Å². The summed E-state index contributed by atoms with van der Waals surface area (Å²) in [5, 5.41) is 7.33. The molecule has 1 saturated heterocycles. The zero-order valence-electron chi connectivity index (χ0n) is 18.1. The van der Waals surface area contributed by atoms with Crippen molar-refractivity contribution in [2.45, 2.75) is 32.6 Å². The first-order valence-corrected chi connectivity index (χ1v) is 10.5. The highest BCUT2D eigenvalue weighted by Crippen LogP contribution is 2.27. The van der Waals surface area contributed by atoms with E-state index in [1.807, 2.05) is 62.2 Å². The largest absolute Gasteiger partial charge is 0.338 e. The Morgan fingerprint density at radius 1 is 1.16 bits per heavy atom. The zero-order valence-corrected chi connectivity index (χ0v) is 18.1. The van der Waals surface area contributed by atoms with Gasteiger partial charge in [-0.15, -0.1) is 0 Å². The zero-order chi connectivity index (χ0) is 21.8. The molecule has 1 aliphatic rings. The number of piperidine rings is 1. The van der Waals surface area contributed by atoms with Gasteiger partial charge < -0.3 is 10.2 Å². The van der Waals surface area contributed by atoms with Crippen molar-refractivity contribution in [3.63, 3.8) is 0 Å². The summed E-state index contributed by atoms with van der Waals surface area (Å²) in [4.78, 5) is 28.2. The SMILES string of the molecule is Cc1cc(C)nc(Nc2cccc(C3CCCN(C(=O)/C=C/c4ccnn4C)C3)n2)n1. The molecule has 8 heteroatoms. The first kappa shape index (κ1) is 20.7. The van der Waals surface area contributed by atoms with Crippen LogP contribution in [0.25, 0.3) is 6.08 Å². The molecule has 0 saturated carbocycles. The van der Waals surface area contributed by atoms with Crippen LogP contribution >= 0.6 is 0 Å². The van der Waals surface area contributed by atoms with Gasteiger partial charge in [-0.2, -0.15) is 5.10 Å². The molecule has 0 radical (unpaired) electrons. The number of nitrogens with zero attached hydrogens (tertiary/aromatic N) is 6. The van der Waals surface area contributed by atoms with Crippen molar-refractivity contribution in [3.8, 4) is 0 Å². The molecule has 1 N–H and O–H groups in total. The minimum Gasteiger partial charge on any atom is -0.338 e. The number of amides is 1. The summed E-state index contributed by atoms with van der Waals surface area (Å²) in [6, 6.07) is 9.73. The second kappa shape index (κ2) is 9.07. The third kappa shape index (κ3) is 5.14. The van der Waals surface area contributed by atoms with Crippen LogP contribution < -0.4 is 5.32 Å². The lowest BCUT2D eigenvalue weighted by Crippen LogP contribution is -2.38. The Bertz CT molecular complexity index is 1080. The summed E-state index contributed by atoms with van der Waals surface area (Å²) in [6.45, 7) is 5.31. The Labute approximate surface area is 182 Å². The molecule has 1 atom stereocenters. The lowest BCUT2D eigenvalue weighted by atomic mass is 9.94. The number of pyridine rings is 1. The highest BCUT2D eigenvalue weighted by atomic mass is 16.2. The highest BCUT2D eigenvalue weighted by Gasteiger charge is 2.24. The summed E-state index contributed by atoms with van der Waals surface area (Å²) in [5.74, 6) is 1.47. The van der Waals surface area contributed by atoms with Gasteiger partial charge in [0.2, 0.25) is 11.9 Å². The monoisotopic (exact) mass is 417 g/mol. The molecular weight excluding hydrogens is 390 g/mol. The van der Waals surface area contributed by atoms with E-state index in [0.29, 0.717) is 18.3 Å². The molecule has 160 valence electrons. The van der Waals surface area contributed by atoms with E-state index in [-0.39, 0.29) is 11.8 Å². The number of rotatable bonds is 5. The van der Waals surface area contributed by atoms with E-state index in [9.17, 15) is 4.79 Å². The van der Waals surface area contributed by atoms with Gasteiger partial charge >= 0.3 is 0 Å². The van der Waals surface area contributed by atoms with Gasteiger partial charge in [0.25, 0.3) is 0 Å². The summed E-state index contributed by atoms with van der Waals surface area (Å²) in [5.41, 5.74) is 3.69. The predicted octanol–water partition coefficient (Wildman–Crippen LogP) is 3.38. The van der Waals surface area contributed by atoms with Gasteiger partial charge in [-0.05, 0) is 57.0 Å². The second-order valence-electron chi connectivity index (χ2n) is 7.88. The molecule has 0 spiro atoms. The molecule has 1 amide bonds. The van der Waals surface area contributed by atoms with Crippen LogP contribution in [0.2, 0.25) is 0 Å². The Morgan fingerprint density at radius 3 is 2.71 bits per heavy atom. The Hall–Kier alpha value is -3.55. The normalized spacial score (nSPS) is 16.6. The maximum atomic E-state index is 12.7. The van der Waals surface area contributed by atoms with Crippen LogP contribution in [-0.4, -0.2) is 48.6 Å². The highest BCUT2D eigenvalue weighted by molar-refractivity contribution is 5.91. The van der Waals surface area contributed by atoms with Gasteiger partial charge in [0.05, 0.1) is 5.69 Å². The molecule has 1 unspecified atom stereocenters. The third-order valence-electron chi connectivity index (χ3n) is 5.40. The number of hydrogen-bond acceptors (Lipinski definition) is 6. The van der Waals surface area contributed by atoms with Crippen LogP contribution in [-0.2, 0) is 11.8 Å². The Morgan fingerprint density at radius 2 is 1.97 bits per heavy atom. The standard InChI is InChI=1S/C23H27N7O/c1-16-14-17(2)26-23(25-16)28-21-8-4-7-20(27-21)18-6-5-13-30(15-18)22(31)10-9-19-11-12-24-29(19)3/h4,7-12,14,18H,5-6,13,15H2,1-3H3,(H,25,26,27,28)/b10-9+. The number of anilines is 2. The summed E-state index contributed by atoms with van der Waals surface area (Å²) in [7, 11) is 1.86. The Balaban J connectivity index is 1.44. The maximum absolute atomic E-state index is 12.7. The van der Waals surface area contributed by atoms with Crippen molar-refractivity contribution in [1.82, 2.24) is 29.6 Å². The summed E-state index contributed by atoms with van der Waals surface area (Å²) < 4.78 is 1.74. The number of aryl methyl sites for hydroxylation is 3. The lowest BCUT2D eigenvalue weighted by Gasteiger charge is -2.32. The van der Waals surface area contributed by atoms with E-state index in [1.165, 1.54) is 0 Å². The van der Waals surface area contributed by atoms with Crippen molar-refractivity contribution in [2.24, 2.45) is 7.05 Å². The fourth-order valence-electron chi connectivity index (χ4n) is 3.87. The molecule has 0 aromatic carbocycles. The number of carbonyl (C=O) groups is 1. The molecular formula is C23H27N7O. The van der Waals surface area contributed by atoms with Crippen LogP contribution in [0, 0.1) is 13.8 Å². The molecule has 31 heavy (non-hydrogen) atoms. The first-order chi connectivity index (χ1) is 15.0. The lowest BCUT2D eigenvalue weighted by molar-refractivity contribution is -0.127. The maximum Gasteiger partial charge on any atom is 0.246 e. The van der Waals surface area contributed by atoms with Gasteiger partial charge in [-0.1, -0.05) is 6.07 Å². The molecule has 8 nitrogen and oxygen atoms in total. The van der Waals surface area contributed by atoms with Crippen molar-refractivity contribution < 1.29 is 4.79 Å². The molecule has 4 heterocycles. The van der Waals surface area contributed by atoms with E-state index in [2.05, 4.69) is 20.4 Å². The quantitative estimate of drug-likeness (QED) is 0.640. The molecule has 3 aromatic heterocycles. The summed E-state index contributed by atoms with van der Waals surface area (Å²) >= 11 is 0. The fourth-order valence-corrected chi connectivity index (χ4v) is 3.87. The second-order valence-corrected chi connectivity index (χ2v) is 7.88. The predicted molar refractivity (Wildman–Crippen MR) is 120 cm³/mol. The van der Waals surface area contributed by atoms with E-state index < -0.39 is 0 Å². The molecule has 1 fully saturated rings. The first-order valence-electron chi connectivity index (χ1n) is 10.5. The minimum atomic E-state index is 0.0174. The smallest absolute Gasteiger partial charge is 0.246 e. The molecule has 0 bridgehead atoms. The van der Waals surface area contributed by atoms with Crippen LogP contribution in [0.4, 0.5) is 11.8 Å². The van der Waals surface area contributed by atoms with Crippen molar-refractivity contribution >= 4 is 23.7 Å². The van der Waals surface area contributed by atoms with Gasteiger partial charge in [-0.3, -0.25) is 9.48 Å². The van der Waals surface area contributed by atoms with E-state index in [0.717, 1.165) is 42.2 Å². The third-order valence-corrected chi connectivity index (χ3v) is 5.40. The molecule has 0 aliphatic carbocycles. The number of nitrogens with one attached hydrogen (secondary N) is 1. The number of likely N-dealkylation sites (tertiary alicyclic amines) is 1. The van der Waals surface area contributed by atoms with Crippen LogP contribution in [0.15, 0.2) is 42.6 Å². The topological polar surface area (TPSA) is 88.8 Å². The van der Waals surface area contributed by atoms with Gasteiger partial charge in [0.1, 0.15) is 5.82 Å². The Kier molecular flexibility index (Phi) is 6.06. The van der Waals surface area contributed by atoms with E-state index in [1.54, 1.807) is 17.0 Å². The minimum absolute atomic E-state index is 0.0174. The average molecular weight is 418 g/mol. The van der Waals surface area contributed by atoms with Gasteiger partial charge in [-0.25, -0.2) is 15.0 Å². The van der Waals surface area contributed by atoms with Gasteiger partial charge in [0, 0.05) is 55.4 Å². The summed E-state index contributed by atoms with van der Waals surface area (Å²) in [6.07, 6.45) is 7.12.